The highest BCUT2D eigenvalue weighted by Crippen LogP contribution is 2.17. The Kier molecular flexibility index (Phi) is 3.10. The summed E-state index contributed by atoms with van der Waals surface area (Å²) in [5.41, 5.74) is -0.0899. The van der Waals surface area contributed by atoms with Gasteiger partial charge in [-0.15, -0.1) is 0 Å². The second-order valence-electron chi connectivity index (χ2n) is 3.27. The molecule has 0 atom stereocenters. The highest BCUT2D eigenvalue weighted by atomic mass is 35.5. The van der Waals surface area contributed by atoms with Crippen LogP contribution in [0.3, 0.4) is 0 Å². The van der Waals surface area contributed by atoms with Crippen molar-refractivity contribution in [3.63, 3.8) is 0 Å². The molecular weight excluding hydrogens is 244 g/mol. The Labute approximate surface area is 101 Å². The van der Waals surface area contributed by atoms with E-state index in [1.165, 1.54) is 0 Å². The number of nitrogens with zero attached hydrogens (tertiary/aromatic N) is 1. The van der Waals surface area contributed by atoms with E-state index in [9.17, 15) is 9.59 Å². The summed E-state index contributed by atoms with van der Waals surface area (Å²) < 4.78 is 4.76. The summed E-state index contributed by atoms with van der Waals surface area (Å²) in [4.78, 5) is 29.5. The molecule has 0 aliphatic heterocycles. The summed E-state index contributed by atoms with van der Waals surface area (Å²) in [7, 11) is 0. The number of esters is 1. The molecule has 2 aromatic rings. The van der Waals surface area contributed by atoms with Gasteiger partial charge in [0.2, 0.25) is 5.82 Å². The van der Waals surface area contributed by atoms with E-state index in [1.807, 2.05) is 0 Å². The number of halogens is 1. The fourth-order valence-electron chi connectivity index (χ4n) is 1.45. The van der Waals surface area contributed by atoms with Crippen molar-refractivity contribution in [2.24, 2.45) is 0 Å². The van der Waals surface area contributed by atoms with Gasteiger partial charge in [0.05, 0.1) is 22.5 Å². The molecule has 0 amide bonds. The van der Waals surface area contributed by atoms with E-state index < -0.39 is 11.5 Å². The minimum absolute atomic E-state index is 0.119. The fraction of sp³-hybridized carbons (Fsp3) is 0.182. The highest BCUT2D eigenvalue weighted by molar-refractivity contribution is 6.35. The topological polar surface area (TPSA) is 72.0 Å². The molecule has 0 spiro atoms. The molecule has 0 saturated heterocycles. The molecule has 0 aliphatic carbocycles. The lowest BCUT2D eigenvalue weighted by Crippen LogP contribution is -2.18. The number of rotatable bonds is 2. The van der Waals surface area contributed by atoms with Crippen LogP contribution in [0.25, 0.3) is 10.9 Å². The average Bonchev–Trinajstić information content (AvgIpc) is 2.29. The molecule has 5 nitrogen and oxygen atoms in total. The minimum Gasteiger partial charge on any atom is -0.460 e. The number of benzene rings is 1. The number of aromatic nitrogens is 2. The molecule has 0 bridgehead atoms. The third-order valence-corrected chi connectivity index (χ3v) is 2.47. The highest BCUT2D eigenvalue weighted by Gasteiger charge is 2.13. The van der Waals surface area contributed by atoms with Gasteiger partial charge in [-0.1, -0.05) is 17.7 Å². The Morgan fingerprint density at radius 1 is 1.53 bits per heavy atom. The molecule has 0 fully saturated rings. The lowest BCUT2D eigenvalue weighted by molar-refractivity contribution is 0.0512. The maximum Gasteiger partial charge on any atom is 0.374 e. The quantitative estimate of drug-likeness (QED) is 0.827. The summed E-state index contributed by atoms with van der Waals surface area (Å²) in [6.07, 6.45) is 0. The van der Waals surface area contributed by atoms with Gasteiger partial charge in [0.15, 0.2) is 0 Å². The van der Waals surface area contributed by atoms with Crippen molar-refractivity contribution in [1.82, 2.24) is 9.97 Å². The Bertz CT molecular complexity index is 636. The standard InChI is InChI=1S/C11H9ClN2O3/c1-2-17-11(16)9-13-7-5-3-4-6(12)8(7)10(15)14-9/h3-5H,2H2,1H3,(H,13,14,15). The average molecular weight is 253 g/mol. The number of hydrogen-bond acceptors (Lipinski definition) is 4. The Morgan fingerprint density at radius 3 is 3.00 bits per heavy atom. The molecule has 1 heterocycles. The molecule has 0 aliphatic rings. The first-order valence-electron chi connectivity index (χ1n) is 4.99. The van der Waals surface area contributed by atoms with Gasteiger partial charge in [-0.3, -0.25) is 4.79 Å². The Hall–Kier alpha value is -1.88. The van der Waals surface area contributed by atoms with Crippen molar-refractivity contribution in [3.8, 4) is 0 Å². The third kappa shape index (κ3) is 2.14. The number of carbonyl (C=O) groups is 1. The van der Waals surface area contributed by atoms with Crippen LogP contribution in [0.1, 0.15) is 17.5 Å². The first kappa shape index (κ1) is 11.6. The summed E-state index contributed by atoms with van der Waals surface area (Å²) in [6.45, 7) is 1.89. The van der Waals surface area contributed by atoms with Crippen LogP contribution < -0.4 is 5.56 Å². The Morgan fingerprint density at radius 2 is 2.29 bits per heavy atom. The first-order chi connectivity index (χ1) is 8.13. The van der Waals surface area contributed by atoms with Gasteiger partial charge in [0.25, 0.3) is 5.56 Å². The smallest absolute Gasteiger partial charge is 0.374 e. The molecule has 1 aromatic heterocycles. The van der Waals surface area contributed by atoms with Crippen LogP contribution >= 0.6 is 11.6 Å². The molecule has 1 aromatic carbocycles. The summed E-state index contributed by atoms with van der Waals surface area (Å²) >= 11 is 5.88. The van der Waals surface area contributed by atoms with E-state index in [0.717, 1.165) is 0 Å². The van der Waals surface area contributed by atoms with Gasteiger partial charge in [-0.2, -0.15) is 0 Å². The maximum absolute atomic E-state index is 11.7. The van der Waals surface area contributed by atoms with E-state index in [1.54, 1.807) is 25.1 Å². The van der Waals surface area contributed by atoms with Crippen molar-refractivity contribution in [2.75, 3.05) is 6.61 Å². The molecule has 0 saturated carbocycles. The first-order valence-corrected chi connectivity index (χ1v) is 5.37. The van der Waals surface area contributed by atoms with Gasteiger partial charge < -0.3 is 9.72 Å². The lowest BCUT2D eigenvalue weighted by atomic mass is 10.2. The minimum atomic E-state index is -0.661. The molecule has 0 unspecified atom stereocenters. The number of fused-ring (bicyclic) bond motifs is 1. The molecule has 6 heteroatoms. The predicted molar refractivity (Wildman–Crippen MR) is 63.3 cm³/mol. The van der Waals surface area contributed by atoms with Crippen LogP contribution in [0.15, 0.2) is 23.0 Å². The summed E-state index contributed by atoms with van der Waals surface area (Å²) in [5, 5.41) is 0.564. The zero-order valence-electron chi connectivity index (χ0n) is 8.99. The van der Waals surface area contributed by atoms with E-state index in [-0.39, 0.29) is 17.8 Å². The van der Waals surface area contributed by atoms with Gasteiger partial charge in [-0.05, 0) is 19.1 Å². The largest absolute Gasteiger partial charge is 0.460 e. The second-order valence-corrected chi connectivity index (χ2v) is 3.68. The zero-order valence-corrected chi connectivity index (χ0v) is 9.75. The van der Waals surface area contributed by atoms with Crippen molar-refractivity contribution in [2.45, 2.75) is 6.92 Å². The monoisotopic (exact) mass is 252 g/mol. The van der Waals surface area contributed by atoms with Crippen molar-refractivity contribution in [3.05, 3.63) is 39.4 Å². The van der Waals surface area contributed by atoms with Crippen molar-refractivity contribution >= 4 is 28.5 Å². The van der Waals surface area contributed by atoms with E-state index >= 15 is 0 Å². The molecule has 2 rings (SSSR count). The third-order valence-electron chi connectivity index (χ3n) is 2.15. The molecule has 0 radical (unpaired) electrons. The maximum atomic E-state index is 11.7. The van der Waals surface area contributed by atoms with Crippen LogP contribution in [0.5, 0.6) is 0 Å². The van der Waals surface area contributed by atoms with Gasteiger partial charge >= 0.3 is 5.97 Å². The van der Waals surface area contributed by atoms with Crippen LogP contribution in [0.4, 0.5) is 0 Å². The lowest BCUT2D eigenvalue weighted by Gasteiger charge is -2.03. The number of hydrogen-bond donors (Lipinski definition) is 1. The van der Waals surface area contributed by atoms with Crippen LogP contribution in [-0.2, 0) is 4.74 Å². The summed E-state index contributed by atoms with van der Waals surface area (Å²) in [6, 6.07) is 4.86. The number of aromatic amines is 1. The molecular formula is C11H9ClN2O3. The number of H-pyrrole nitrogens is 1. The van der Waals surface area contributed by atoms with Gasteiger partial charge in [0.1, 0.15) is 0 Å². The van der Waals surface area contributed by atoms with Crippen LogP contribution in [0.2, 0.25) is 5.02 Å². The number of ether oxygens (including phenoxy) is 1. The van der Waals surface area contributed by atoms with Gasteiger partial charge in [0, 0.05) is 0 Å². The number of carbonyl (C=O) groups excluding carboxylic acids is 1. The SMILES string of the molecule is CCOC(=O)c1nc2cccc(Cl)c2c(=O)[nH]1. The Balaban J connectivity index is 2.65. The van der Waals surface area contributed by atoms with Crippen LogP contribution in [0, 0.1) is 0 Å². The second kappa shape index (κ2) is 4.55. The van der Waals surface area contributed by atoms with Crippen molar-refractivity contribution < 1.29 is 9.53 Å². The van der Waals surface area contributed by atoms with E-state index in [0.29, 0.717) is 10.5 Å². The predicted octanol–water partition coefficient (Wildman–Crippen LogP) is 1.75. The van der Waals surface area contributed by atoms with Crippen LogP contribution in [-0.4, -0.2) is 22.5 Å². The molecule has 17 heavy (non-hydrogen) atoms. The normalized spacial score (nSPS) is 10.5. The summed E-state index contributed by atoms with van der Waals surface area (Å²) in [5.74, 6) is -0.780. The van der Waals surface area contributed by atoms with E-state index in [4.69, 9.17) is 16.3 Å². The number of nitrogens with one attached hydrogen (secondary N) is 1. The molecule has 1 N–H and O–H groups in total. The molecule has 88 valence electrons. The van der Waals surface area contributed by atoms with E-state index in [2.05, 4.69) is 9.97 Å². The van der Waals surface area contributed by atoms with Crippen molar-refractivity contribution in [1.29, 1.82) is 0 Å². The zero-order chi connectivity index (χ0) is 12.4. The fourth-order valence-corrected chi connectivity index (χ4v) is 1.70. The van der Waals surface area contributed by atoms with Gasteiger partial charge in [-0.25, -0.2) is 9.78 Å².